The number of benzene rings is 3. The molecule has 1 amide bonds. The van der Waals surface area contributed by atoms with Crippen LogP contribution in [0, 0.1) is 0 Å². The van der Waals surface area contributed by atoms with E-state index < -0.39 is 41.6 Å². The number of ether oxygens (including phenoxy) is 2. The Bertz CT molecular complexity index is 1710. The predicted octanol–water partition coefficient (Wildman–Crippen LogP) is 8.63. The summed E-state index contributed by atoms with van der Waals surface area (Å²) in [6.07, 6.45) is -8.33. The summed E-state index contributed by atoms with van der Waals surface area (Å²) < 4.78 is 91.5. The summed E-state index contributed by atoms with van der Waals surface area (Å²) in [5, 5.41) is 1.69. The van der Waals surface area contributed by atoms with Gasteiger partial charge in [-0.2, -0.15) is 31.3 Å². The van der Waals surface area contributed by atoms with Gasteiger partial charge < -0.3 is 14.4 Å². The molecule has 0 N–H and O–H groups in total. The Kier molecular flexibility index (Phi) is 8.48. The quantitative estimate of drug-likeness (QED) is 0.150. The van der Waals surface area contributed by atoms with Crippen LogP contribution in [0.1, 0.15) is 27.1 Å². The lowest BCUT2D eigenvalue weighted by Gasteiger charge is -2.17. The van der Waals surface area contributed by atoms with E-state index in [0.29, 0.717) is 28.2 Å². The van der Waals surface area contributed by atoms with Gasteiger partial charge in [0.25, 0.3) is 5.91 Å². The number of hydrogen-bond acceptors (Lipinski definition) is 6. The van der Waals surface area contributed by atoms with Crippen molar-refractivity contribution < 1.29 is 40.6 Å². The van der Waals surface area contributed by atoms with Crippen molar-refractivity contribution >= 4 is 50.3 Å². The largest absolute Gasteiger partial charge is 0.493 e. The third-order valence-electron chi connectivity index (χ3n) is 6.42. The maximum absolute atomic E-state index is 13.5. The summed E-state index contributed by atoms with van der Waals surface area (Å²) in [7, 11) is 3.18. The summed E-state index contributed by atoms with van der Waals surface area (Å²) in [6.45, 7) is -0.0813. The highest BCUT2D eigenvalue weighted by atomic mass is 32.2. The zero-order valence-electron chi connectivity index (χ0n) is 22.5. The van der Waals surface area contributed by atoms with E-state index in [1.807, 2.05) is 30.1 Å². The van der Waals surface area contributed by atoms with Crippen molar-refractivity contribution in [2.24, 2.45) is 4.99 Å². The predicted molar refractivity (Wildman–Crippen MR) is 155 cm³/mol. The number of methoxy groups -OCH3 is 1. The molecule has 0 radical (unpaired) electrons. The molecule has 4 aromatic rings. The SMILES string of the molecule is COc1cc(/C=C2/SC(N(C)Cc3cc4ccccc4s3)=NC2=O)ccc1OCc1ccc(C(F)(F)F)cc1C(F)(F)F. The fraction of sp³-hybridized carbons (Fsp3) is 0.200. The summed E-state index contributed by atoms with van der Waals surface area (Å²) in [5.74, 6) is -0.180. The number of aliphatic imine (C=N–C) groups is 1. The summed E-state index contributed by atoms with van der Waals surface area (Å²) >= 11 is 2.88. The van der Waals surface area contributed by atoms with Crippen LogP contribution in [0.5, 0.6) is 11.5 Å². The van der Waals surface area contributed by atoms with Gasteiger partial charge in [-0.25, -0.2) is 0 Å². The number of amidine groups is 1. The average molecular weight is 637 g/mol. The lowest BCUT2D eigenvalue weighted by Crippen LogP contribution is -2.21. The van der Waals surface area contributed by atoms with Gasteiger partial charge in [0.15, 0.2) is 16.7 Å². The zero-order chi connectivity index (χ0) is 30.9. The van der Waals surface area contributed by atoms with Crippen LogP contribution < -0.4 is 9.47 Å². The second kappa shape index (κ2) is 12.0. The van der Waals surface area contributed by atoms with Gasteiger partial charge in [-0.1, -0.05) is 30.3 Å². The first-order valence-electron chi connectivity index (χ1n) is 12.6. The van der Waals surface area contributed by atoms with Crippen molar-refractivity contribution in [3.05, 3.63) is 98.8 Å². The number of halogens is 6. The number of amides is 1. The van der Waals surface area contributed by atoms with Gasteiger partial charge in [-0.3, -0.25) is 4.79 Å². The molecule has 43 heavy (non-hydrogen) atoms. The highest BCUT2D eigenvalue weighted by Crippen LogP contribution is 2.39. The number of thiophene rings is 1. The Labute approximate surface area is 250 Å². The minimum Gasteiger partial charge on any atom is -0.493 e. The van der Waals surface area contributed by atoms with Crippen LogP contribution >= 0.6 is 23.1 Å². The van der Waals surface area contributed by atoms with Gasteiger partial charge in [0.1, 0.15) is 6.61 Å². The molecular weight excluding hydrogens is 614 g/mol. The molecule has 2 heterocycles. The third kappa shape index (κ3) is 6.99. The van der Waals surface area contributed by atoms with E-state index in [1.165, 1.54) is 35.7 Å². The monoisotopic (exact) mass is 636 g/mol. The maximum atomic E-state index is 13.5. The highest BCUT2D eigenvalue weighted by molar-refractivity contribution is 8.18. The molecule has 0 saturated heterocycles. The second-order valence-corrected chi connectivity index (χ2v) is 11.7. The minimum atomic E-state index is -5.02. The topological polar surface area (TPSA) is 51.1 Å². The smallest absolute Gasteiger partial charge is 0.416 e. The molecule has 1 aliphatic heterocycles. The van der Waals surface area contributed by atoms with Crippen molar-refractivity contribution in [3.63, 3.8) is 0 Å². The molecule has 5 nitrogen and oxygen atoms in total. The molecule has 0 saturated carbocycles. The van der Waals surface area contributed by atoms with Crippen LogP contribution in [0.2, 0.25) is 0 Å². The van der Waals surface area contributed by atoms with Crippen LogP contribution in [0.25, 0.3) is 16.2 Å². The number of nitrogens with zero attached hydrogens (tertiary/aromatic N) is 2. The minimum absolute atomic E-state index is 0.0672. The number of rotatable bonds is 7. The van der Waals surface area contributed by atoms with Gasteiger partial charge in [-0.05, 0) is 65.2 Å². The van der Waals surface area contributed by atoms with Crippen LogP contribution in [-0.2, 0) is 30.3 Å². The summed E-state index contributed by atoms with van der Waals surface area (Å²) in [4.78, 5) is 20.2. The molecule has 3 aromatic carbocycles. The van der Waals surface area contributed by atoms with Crippen molar-refractivity contribution in [1.82, 2.24) is 4.90 Å². The van der Waals surface area contributed by atoms with Crippen LogP contribution in [0.3, 0.4) is 0 Å². The highest BCUT2D eigenvalue weighted by Gasteiger charge is 2.38. The van der Waals surface area contributed by atoms with Gasteiger partial charge in [0.05, 0.1) is 29.7 Å². The van der Waals surface area contributed by atoms with E-state index in [4.69, 9.17) is 9.47 Å². The van der Waals surface area contributed by atoms with Gasteiger partial charge >= 0.3 is 12.4 Å². The van der Waals surface area contributed by atoms with Crippen LogP contribution in [-0.4, -0.2) is 30.1 Å². The second-order valence-electron chi connectivity index (χ2n) is 9.48. The molecule has 1 aromatic heterocycles. The number of carbonyl (C=O) groups is 1. The van der Waals surface area contributed by atoms with Crippen LogP contribution in [0.15, 0.2) is 76.6 Å². The Morgan fingerprint density at radius 2 is 1.70 bits per heavy atom. The molecule has 1 aliphatic rings. The maximum Gasteiger partial charge on any atom is 0.416 e. The van der Waals surface area contributed by atoms with E-state index in [0.717, 1.165) is 16.3 Å². The van der Waals surface area contributed by atoms with Crippen molar-refractivity contribution in [3.8, 4) is 11.5 Å². The third-order valence-corrected chi connectivity index (χ3v) is 8.62. The Morgan fingerprint density at radius 1 is 0.930 bits per heavy atom. The number of fused-ring (bicyclic) bond motifs is 1. The summed E-state index contributed by atoms with van der Waals surface area (Å²) in [5.41, 5.74) is -2.76. The fourth-order valence-corrected chi connectivity index (χ4v) is 6.31. The lowest BCUT2D eigenvalue weighted by atomic mass is 10.0. The first-order chi connectivity index (χ1) is 20.3. The van der Waals surface area contributed by atoms with Gasteiger partial charge in [0.2, 0.25) is 0 Å². The molecule has 0 aliphatic carbocycles. The number of hydrogen-bond donors (Lipinski definition) is 0. The van der Waals surface area contributed by atoms with Gasteiger partial charge in [-0.15, -0.1) is 11.3 Å². The average Bonchev–Trinajstić information content (AvgIpc) is 3.53. The van der Waals surface area contributed by atoms with E-state index >= 15 is 0 Å². The first-order valence-corrected chi connectivity index (χ1v) is 14.2. The standard InChI is InChI=1S/C30H22F6N2O3S2/c1-38(15-21-13-18-5-3-4-6-25(18)42-21)28-37-27(39)26(43-28)12-17-7-10-23(24(11-17)40-2)41-16-19-8-9-20(29(31,32)33)14-22(19)30(34,35)36/h3-14H,15-16H2,1-2H3/b26-12+. The van der Waals surface area contributed by atoms with Gasteiger partial charge in [0, 0.05) is 22.2 Å². The molecule has 0 atom stereocenters. The molecular formula is C30H22F6N2O3S2. The Morgan fingerprint density at radius 3 is 2.40 bits per heavy atom. The van der Waals surface area contributed by atoms with E-state index in [-0.39, 0.29) is 17.6 Å². The molecule has 224 valence electrons. The van der Waals surface area contributed by atoms with E-state index in [9.17, 15) is 31.1 Å². The number of thioether (sulfide) groups is 1. The van der Waals surface area contributed by atoms with Crippen molar-refractivity contribution in [2.45, 2.75) is 25.5 Å². The van der Waals surface area contributed by atoms with Crippen LogP contribution in [0.4, 0.5) is 26.3 Å². The summed E-state index contributed by atoms with van der Waals surface area (Å²) in [6, 6.07) is 16.1. The molecule has 0 fully saturated rings. The molecule has 13 heteroatoms. The lowest BCUT2D eigenvalue weighted by molar-refractivity contribution is -0.143. The Hall–Kier alpha value is -3.97. The number of alkyl halides is 6. The Balaban J connectivity index is 1.28. The van der Waals surface area contributed by atoms with E-state index in [2.05, 4.69) is 17.1 Å². The zero-order valence-corrected chi connectivity index (χ0v) is 24.2. The molecule has 0 unspecified atom stereocenters. The normalized spacial score (nSPS) is 14.8. The first kappa shape index (κ1) is 30.5. The van der Waals surface area contributed by atoms with Crippen molar-refractivity contribution in [1.29, 1.82) is 0 Å². The van der Waals surface area contributed by atoms with E-state index in [1.54, 1.807) is 23.5 Å². The molecule has 5 rings (SSSR count). The van der Waals surface area contributed by atoms with Crippen molar-refractivity contribution in [2.75, 3.05) is 14.2 Å². The number of carbonyl (C=O) groups excluding carboxylic acids is 1. The fourth-order valence-electron chi connectivity index (χ4n) is 4.32. The molecule has 0 bridgehead atoms. The molecule has 0 spiro atoms.